The average Bonchev–Trinajstić information content (AvgIpc) is 2.62. The molecule has 0 spiro atoms. The molecule has 0 saturated heterocycles. The fourth-order valence-corrected chi connectivity index (χ4v) is 2.53. The molecule has 0 bridgehead atoms. The van der Waals surface area contributed by atoms with E-state index in [2.05, 4.69) is 5.32 Å². The third-order valence-electron chi connectivity index (χ3n) is 3.93. The summed E-state index contributed by atoms with van der Waals surface area (Å²) >= 11 is 0. The van der Waals surface area contributed by atoms with Crippen molar-refractivity contribution in [3.63, 3.8) is 0 Å². The highest BCUT2D eigenvalue weighted by atomic mass is 16.6. The van der Waals surface area contributed by atoms with Crippen LogP contribution in [0.15, 0.2) is 30.3 Å². The van der Waals surface area contributed by atoms with Gasteiger partial charge in [0.1, 0.15) is 12.2 Å². The number of hydrogen-bond donors (Lipinski definition) is 2. The molecule has 3 N–H and O–H groups in total. The van der Waals surface area contributed by atoms with E-state index in [1.54, 1.807) is 20.8 Å². The fourth-order valence-electron chi connectivity index (χ4n) is 2.53. The van der Waals surface area contributed by atoms with Crippen LogP contribution >= 0.6 is 0 Å². The van der Waals surface area contributed by atoms with Crippen LogP contribution in [0.2, 0.25) is 0 Å². The number of benzene rings is 1. The van der Waals surface area contributed by atoms with Crippen LogP contribution in [0.25, 0.3) is 0 Å². The molecule has 1 unspecified atom stereocenters. The molecular formula is C19H29N3O5. The molecule has 0 heterocycles. The van der Waals surface area contributed by atoms with Gasteiger partial charge < -0.3 is 15.2 Å². The molecule has 0 saturated carbocycles. The van der Waals surface area contributed by atoms with Gasteiger partial charge in [-0.25, -0.2) is 4.79 Å². The summed E-state index contributed by atoms with van der Waals surface area (Å²) in [6, 6.07) is 9.12. The quantitative estimate of drug-likeness (QED) is 0.519. The van der Waals surface area contributed by atoms with Gasteiger partial charge in [-0.1, -0.05) is 30.3 Å². The Hall–Kier alpha value is -2.45. The summed E-state index contributed by atoms with van der Waals surface area (Å²) < 4.78 is 10.6. The minimum Gasteiger partial charge on any atom is -0.460 e. The van der Waals surface area contributed by atoms with E-state index in [9.17, 15) is 14.4 Å². The summed E-state index contributed by atoms with van der Waals surface area (Å²) in [5.74, 6) is -1.17. The van der Waals surface area contributed by atoms with Crippen molar-refractivity contribution in [2.24, 2.45) is 5.73 Å². The number of rotatable bonds is 8. The van der Waals surface area contributed by atoms with Crippen LogP contribution in [0, 0.1) is 0 Å². The fraction of sp³-hybridized carbons (Fsp3) is 0.526. The SMILES string of the molecule is CNC(CC(=O)OC(C)(C)C)(C(=O)CN)N(C)C(=O)OCc1ccccc1. The minimum absolute atomic E-state index is 0.0348. The molecule has 27 heavy (non-hydrogen) atoms. The van der Waals surface area contributed by atoms with Crippen molar-refractivity contribution >= 4 is 17.8 Å². The zero-order valence-electron chi connectivity index (χ0n) is 16.6. The summed E-state index contributed by atoms with van der Waals surface area (Å²) in [6.07, 6.45) is -1.16. The second-order valence-corrected chi connectivity index (χ2v) is 7.10. The lowest BCUT2D eigenvalue weighted by Gasteiger charge is -2.39. The van der Waals surface area contributed by atoms with Gasteiger partial charge in [-0.3, -0.25) is 19.8 Å². The van der Waals surface area contributed by atoms with Gasteiger partial charge in [-0.05, 0) is 33.4 Å². The topological polar surface area (TPSA) is 111 Å². The number of ether oxygens (including phenoxy) is 2. The van der Waals surface area contributed by atoms with Crippen molar-refractivity contribution in [1.29, 1.82) is 0 Å². The number of carbonyl (C=O) groups excluding carboxylic acids is 3. The summed E-state index contributed by atoms with van der Waals surface area (Å²) in [5, 5.41) is 2.76. The van der Waals surface area contributed by atoms with Crippen molar-refractivity contribution < 1.29 is 23.9 Å². The van der Waals surface area contributed by atoms with E-state index in [4.69, 9.17) is 15.2 Å². The molecule has 8 heteroatoms. The van der Waals surface area contributed by atoms with Gasteiger partial charge in [0.2, 0.25) is 0 Å². The first kappa shape index (κ1) is 22.6. The van der Waals surface area contributed by atoms with Crippen LogP contribution in [0.3, 0.4) is 0 Å². The first-order valence-electron chi connectivity index (χ1n) is 8.64. The van der Waals surface area contributed by atoms with E-state index in [-0.39, 0.29) is 13.2 Å². The Morgan fingerprint density at radius 2 is 1.74 bits per heavy atom. The third-order valence-corrected chi connectivity index (χ3v) is 3.93. The molecule has 0 radical (unpaired) electrons. The van der Waals surface area contributed by atoms with Gasteiger partial charge >= 0.3 is 12.1 Å². The molecule has 1 rings (SSSR count). The van der Waals surface area contributed by atoms with E-state index in [0.29, 0.717) is 0 Å². The first-order chi connectivity index (χ1) is 12.6. The summed E-state index contributed by atoms with van der Waals surface area (Å²) in [7, 11) is 2.85. The highest BCUT2D eigenvalue weighted by molar-refractivity contribution is 5.95. The van der Waals surface area contributed by atoms with Crippen LogP contribution < -0.4 is 11.1 Å². The maximum absolute atomic E-state index is 12.5. The van der Waals surface area contributed by atoms with Gasteiger partial charge in [0, 0.05) is 7.05 Å². The van der Waals surface area contributed by atoms with Gasteiger partial charge in [0.05, 0.1) is 13.0 Å². The van der Waals surface area contributed by atoms with Gasteiger partial charge in [-0.15, -0.1) is 0 Å². The maximum Gasteiger partial charge on any atom is 0.411 e. The van der Waals surface area contributed by atoms with Crippen molar-refractivity contribution in [3.05, 3.63) is 35.9 Å². The number of likely N-dealkylation sites (N-methyl/N-ethyl adjacent to an activating group) is 2. The van der Waals surface area contributed by atoms with Gasteiger partial charge in [-0.2, -0.15) is 0 Å². The van der Waals surface area contributed by atoms with Crippen molar-refractivity contribution in [3.8, 4) is 0 Å². The molecule has 150 valence electrons. The maximum atomic E-state index is 12.5. The van der Waals surface area contributed by atoms with E-state index in [1.807, 2.05) is 30.3 Å². The van der Waals surface area contributed by atoms with Crippen molar-refractivity contribution in [1.82, 2.24) is 10.2 Å². The summed E-state index contributed by atoms with van der Waals surface area (Å²) in [5.41, 5.74) is 3.93. The Morgan fingerprint density at radius 1 is 1.15 bits per heavy atom. The molecule has 0 fully saturated rings. The predicted octanol–water partition coefficient (Wildman–Crippen LogP) is 1.43. The smallest absolute Gasteiger partial charge is 0.411 e. The standard InChI is InChI=1S/C19H29N3O5/c1-18(2,3)27-16(24)11-19(21-4,15(23)12-20)22(5)17(25)26-13-14-9-7-6-8-10-14/h6-10,21H,11-13,20H2,1-5H3. The molecule has 0 aliphatic carbocycles. The Bertz CT molecular complexity index is 657. The highest BCUT2D eigenvalue weighted by Crippen LogP contribution is 2.21. The van der Waals surface area contributed by atoms with Crippen molar-refractivity contribution in [2.75, 3.05) is 20.6 Å². The van der Waals surface area contributed by atoms with Crippen LogP contribution in [0.5, 0.6) is 0 Å². The van der Waals surface area contributed by atoms with E-state index < -0.39 is 35.5 Å². The Labute approximate surface area is 160 Å². The van der Waals surface area contributed by atoms with Crippen LogP contribution in [0.1, 0.15) is 32.8 Å². The Morgan fingerprint density at radius 3 is 2.22 bits per heavy atom. The summed E-state index contributed by atoms with van der Waals surface area (Å²) in [4.78, 5) is 38.4. The molecule has 1 aromatic carbocycles. The monoisotopic (exact) mass is 379 g/mol. The van der Waals surface area contributed by atoms with Crippen LogP contribution in [-0.2, 0) is 25.7 Å². The number of esters is 1. The molecule has 0 aliphatic rings. The van der Waals surface area contributed by atoms with Gasteiger partial charge in [0.15, 0.2) is 11.4 Å². The molecule has 1 amide bonds. The van der Waals surface area contributed by atoms with E-state index in [1.165, 1.54) is 14.1 Å². The number of ketones is 1. The minimum atomic E-state index is -1.66. The van der Waals surface area contributed by atoms with E-state index in [0.717, 1.165) is 10.5 Å². The third kappa shape index (κ3) is 6.33. The number of amides is 1. The number of nitrogens with zero attached hydrogens (tertiary/aromatic N) is 1. The molecule has 1 aromatic rings. The molecule has 0 aliphatic heterocycles. The first-order valence-corrected chi connectivity index (χ1v) is 8.64. The molecular weight excluding hydrogens is 350 g/mol. The predicted molar refractivity (Wildman–Crippen MR) is 101 cm³/mol. The molecule has 8 nitrogen and oxygen atoms in total. The van der Waals surface area contributed by atoms with E-state index >= 15 is 0 Å². The molecule has 0 aromatic heterocycles. The number of nitrogens with two attached hydrogens (primary N) is 1. The Kier molecular flexibility index (Phi) is 7.93. The second kappa shape index (κ2) is 9.48. The second-order valence-electron chi connectivity index (χ2n) is 7.10. The lowest BCUT2D eigenvalue weighted by molar-refractivity contribution is -0.160. The molecule has 1 atom stereocenters. The van der Waals surface area contributed by atoms with Crippen LogP contribution in [0.4, 0.5) is 4.79 Å². The lowest BCUT2D eigenvalue weighted by atomic mass is 9.98. The average molecular weight is 379 g/mol. The number of Topliss-reactive ketones (excluding diaryl/α,β-unsaturated/α-hetero) is 1. The Balaban J connectivity index is 2.98. The highest BCUT2D eigenvalue weighted by Gasteiger charge is 2.46. The van der Waals surface area contributed by atoms with Gasteiger partial charge in [0.25, 0.3) is 0 Å². The summed E-state index contributed by atoms with van der Waals surface area (Å²) in [6.45, 7) is 4.82. The van der Waals surface area contributed by atoms with Crippen molar-refractivity contribution in [2.45, 2.75) is 45.1 Å². The number of carbonyl (C=O) groups is 3. The van der Waals surface area contributed by atoms with Crippen LogP contribution in [-0.4, -0.2) is 54.6 Å². The number of nitrogens with one attached hydrogen (secondary N) is 1. The zero-order chi connectivity index (χ0) is 20.7. The largest absolute Gasteiger partial charge is 0.460 e. The normalized spacial score (nSPS) is 13.4. The zero-order valence-corrected chi connectivity index (χ0v) is 16.6. The number of hydrogen-bond acceptors (Lipinski definition) is 7. The lowest BCUT2D eigenvalue weighted by Crippen LogP contribution is -2.66.